The van der Waals surface area contributed by atoms with Crippen LogP contribution in [0.25, 0.3) is 5.76 Å². The second-order valence-electron chi connectivity index (χ2n) is 11.9. The third-order valence-corrected chi connectivity index (χ3v) is 63.7. The van der Waals surface area contributed by atoms with Crippen LogP contribution in [0.4, 0.5) is 0 Å². The van der Waals surface area contributed by atoms with Gasteiger partial charge in [0.25, 0.3) is 0 Å². The molecule has 0 saturated carbocycles. The summed E-state index contributed by atoms with van der Waals surface area (Å²) in [6.07, 6.45) is 22.2. The first-order valence-corrected chi connectivity index (χ1v) is 30.9. The van der Waals surface area contributed by atoms with Gasteiger partial charge in [-0.05, 0) is 0 Å². The van der Waals surface area contributed by atoms with Crippen molar-refractivity contribution in [1.82, 2.24) is 0 Å². The van der Waals surface area contributed by atoms with Gasteiger partial charge < -0.3 is 0 Å². The summed E-state index contributed by atoms with van der Waals surface area (Å²) in [6.45, 7) is 14.5. The summed E-state index contributed by atoms with van der Waals surface area (Å²) in [4.78, 5) is 0. The van der Waals surface area contributed by atoms with Crippen molar-refractivity contribution >= 4 is 42.5 Å². The summed E-state index contributed by atoms with van der Waals surface area (Å²) in [5.74, 6) is 2.11. The third-order valence-electron chi connectivity index (χ3n) is 9.39. The number of ether oxygens (including phenoxy) is 1. The predicted molar refractivity (Wildman–Crippen MR) is 165 cm³/mol. The molecule has 0 radical (unpaired) electrons. The van der Waals surface area contributed by atoms with Crippen molar-refractivity contribution in [2.45, 2.75) is 153 Å². The normalized spacial score (nSPS) is 15.8. The molecule has 0 amide bonds. The van der Waals surface area contributed by atoms with Gasteiger partial charge >= 0.3 is 235 Å². The molecule has 36 heavy (non-hydrogen) atoms. The first-order valence-electron chi connectivity index (χ1n) is 16.0. The Morgan fingerprint density at radius 1 is 0.639 bits per heavy atom. The average Bonchev–Trinajstić information content (AvgIpc) is 3.60. The first-order chi connectivity index (χ1) is 17.5. The fourth-order valence-corrected chi connectivity index (χ4v) is 80.2. The van der Waals surface area contributed by atoms with Crippen molar-refractivity contribution in [3.05, 3.63) is 30.2 Å². The summed E-state index contributed by atoms with van der Waals surface area (Å²) >= 11 is -5.57. The van der Waals surface area contributed by atoms with E-state index in [1.54, 1.807) is 26.6 Å². The fraction of sp³-hybridized carbons (Fsp3) is 0.812. The molecule has 4 heteroatoms. The van der Waals surface area contributed by atoms with E-state index >= 15 is 0 Å². The molecule has 0 saturated heterocycles. The fourth-order valence-electron chi connectivity index (χ4n) is 7.34. The maximum absolute atomic E-state index is 7.76. The molecule has 0 atom stereocenters. The van der Waals surface area contributed by atoms with E-state index in [0.717, 1.165) is 11.5 Å². The van der Waals surface area contributed by atoms with Crippen LogP contribution in [-0.2, 0) is 4.74 Å². The van der Waals surface area contributed by atoms with E-state index in [-0.39, 0.29) is 1.63 Å². The van der Waals surface area contributed by atoms with Crippen LogP contribution in [0.1, 0.15) is 131 Å². The van der Waals surface area contributed by atoms with Gasteiger partial charge in [-0.1, -0.05) is 0 Å². The van der Waals surface area contributed by atoms with Gasteiger partial charge in [-0.2, -0.15) is 0 Å². The molecule has 208 valence electrons. The van der Waals surface area contributed by atoms with Crippen LogP contribution < -0.4 is 0 Å². The van der Waals surface area contributed by atoms with Crippen molar-refractivity contribution in [2.24, 2.45) is 0 Å². The van der Waals surface area contributed by atoms with Gasteiger partial charge in [0, 0.05) is 0 Å². The number of hydrogen-bond acceptors (Lipinski definition) is 2. The molecule has 1 aliphatic rings. The van der Waals surface area contributed by atoms with Crippen LogP contribution >= 0.6 is 0 Å². The van der Waals surface area contributed by atoms with Crippen LogP contribution in [0.3, 0.4) is 0 Å². The van der Waals surface area contributed by atoms with Crippen LogP contribution in [-0.4, -0.2) is 38.4 Å². The third kappa shape index (κ3) is 7.75. The topological polar surface area (TPSA) is 22.4 Å². The van der Waals surface area contributed by atoms with E-state index in [4.69, 9.17) is 9.15 Å². The minimum atomic E-state index is -2.79. The van der Waals surface area contributed by atoms with Crippen molar-refractivity contribution in [3.8, 4) is 0 Å². The molecule has 2 rings (SSSR count). The van der Waals surface area contributed by atoms with E-state index in [0.29, 0.717) is 0 Å². The van der Waals surface area contributed by atoms with Crippen molar-refractivity contribution in [3.63, 3.8) is 0 Å². The summed E-state index contributed by atoms with van der Waals surface area (Å²) in [7, 11) is 0. The Morgan fingerprint density at radius 2 is 1.03 bits per heavy atom. The van der Waals surface area contributed by atoms with E-state index < -0.39 is 36.8 Å². The maximum atomic E-state index is 7.76. The zero-order chi connectivity index (χ0) is 26.3. The van der Waals surface area contributed by atoms with Gasteiger partial charge in [0.05, 0.1) is 0 Å². The molecule has 1 aliphatic heterocycles. The van der Waals surface area contributed by atoms with Crippen LogP contribution in [0.5, 0.6) is 0 Å². The Labute approximate surface area is 233 Å². The number of unbranched alkanes of at least 4 members (excludes halogenated alkanes) is 6. The van der Waals surface area contributed by atoms with E-state index in [1.165, 1.54) is 83.5 Å². The predicted octanol–water partition coefficient (Wildman–Crippen LogP) is 11.6. The van der Waals surface area contributed by atoms with Gasteiger partial charge in [-0.25, -0.2) is 0 Å². The van der Waals surface area contributed by atoms with Gasteiger partial charge in [0.2, 0.25) is 0 Å². The van der Waals surface area contributed by atoms with E-state index in [1.807, 2.05) is 12.3 Å². The van der Waals surface area contributed by atoms with Crippen molar-refractivity contribution in [2.75, 3.05) is 0 Å². The molecular formula is C32H60O2Sn2. The molecule has 2 heterocycles. The standard InChI is InChI=1S/C8H6O2.6C4H9.2Sn/c1-3-7(9-5-1)8-4-2-6-10-8;6*1-3-4-2;;/h1,3-5H,2H2;6*1,3-4H2,2H3;;. The minimum absolute atomic E-state index is 0.282. The molecule has 0 unspecified atom stereocenters. The van der Waals surface area contributed by atoms with Gasteiger partial charge in [0.15, 0.2) is 0 Å². The quantitative estimate of drug-likeness (QED) is 0.118. The van der Waals surface area contributed by atoms with Crippen LogP contribution in [0.15, 0.2) is 28.9 Å². The van der Waals surface area contributed by atoms with E-state index in [9.17, 15) is 0 Å². The Bertz CT molecular complexity index is 649. The molecule has 0 bridgehead atoms. The average molecular weight is 714 g/mol. The molecule has 1 aromatic rings. The number of hydrogen-bond donors (Lipinski definition) is 0. The van der Waals surface area contributed by atoms with Crippen molar-refractivity contribution in [1.29, 1.82) is 0 Å². The molecule has 0 aromatic carbocycles. The second kappa shape index (κ2) is 17.2. The molecule has 0 spiro atoms. The van der Waals surface area contributed by atoms with Crippen LogP contribution in [0.2, 0.25) is 26.6 Å². The number of furan rings is 1. The van der Waals surface area contributed by atoms with Crippen molar-refractivity contribution < 1.29 is 9.15 Å². The SMILES string of the molecule is CCC[CH2][Sn]([CH2]CCC)([CH2]CCC)[C]1([Sn]([CH2]CCC)([CH2]CCC)[CH2]CCC)CC=C(c2ccco2)O1. The van der Waals surface area contributed by atoms with Gasteiger partial charge in [0.1, 0.15) is 0 Å². The summed E-state index contributed by atoms with van der Waals surface area (Å²) in [5, 5.41) is 0. The molecular weight excluding hydrogens is 654 g/mol. The second-order valence-corrected chi connectivity index (χ2v) is 43.7. The van der Waals surface area contributed by atoms with E-state index in [2.05, 4.69) is 53.7 Å². The molecule has 1 aromatic heterocycles. The number of rotatable bonds is 21. The summed E-state index contributed by atoms with van der Waals surface area (Å²) in [5.41, 5.74) is 0. The Morgan fingerprint density at radius 3 is 1.33 bits per heavy atom. The molecule has 0 fully saturated rings. The molecule has 0 aliphatic carbocycles. The zero-order valence-electron chi connectivity index (χ0n) is 25.1. The van der Waals surface area contributed by atoms with Gasteiger partial charge in [-0.3, -0.25) is 0 Å². The Hall–Kier alpha value is 0.417. The summed E-state index contributed by atoms with van der Waals surface area (Å²) in [6, 6.07) is 4.19. The zero-order valence-corrected chi connectivity index (χ0v) is 30.8. The Balaban J connectivity index is 2.76. The molecule has 0 N–H and O–H groups in total. The summed E-state index contributed by atoms with van der Waals surface area (Å²) < 4.78 is 23.4. The molecule has 2 nitrogen and oxygen atoms in total. The first kappa shape index (κ1) is 32.6. The monoisotopic (exact) mass is 716 g/mol. The Kier molecular flexibility index (Phi) is 15.6. The van der Waals surface area contributed by atoms with Crippen LogP contribution in [0, 0.1) is 0 Å². The van der Waals surface area contributed by atoms with Gasteiger partial charge in [-0.15, -0.1) is 0 Å².